The van der Waals surface area contributed by atoms with Crippen LogP contribution in [0.15, 0.2) is 42.5 Å². The Kier molecular flexibility index (Phi) is 3.43. The number of nitrogens with one attached hydrogen (secondary N) is 1. The maximum atomic E-state index is 11.3. The molecular formula is C13H11NO4. The summed E-state index contributed by atoms with van der Waals surface area (Å²) < 4.78 is 4.96. The average Bonchev–Trinajstić information content (AvgIpc) is 2.36. The van der Waals surface area contributed by atoms with E-state index in [1.165, 1.54) is 0 Å². The summed E-state index contributed by atoms with van der Waals surface area (Å²) in [6.07, 6.45) is -0.785. The number of carbonyl (C=O) groups is 2. The van der Waals surface area contributed by atoms with E-state index in [-0.39, 0.29) is 0 Å². The van der Waals surface area contributed by atoms with Gasteiger partial charge in [-0.25, -0.2) is 4.79 Å². The zero-order valence-corrected chi connectivity index (χ0v) is 9.42. The van der Waals surface area contributed by atoms with Crippen molar-refractivity contribution in [3.05, 3.63) is 42.5 Å². The van der Waals surface area contributed by atoms with Gasteiger partial charge in [-0.3, -0.25) is 4.79 Å². The number of carboxylic acid groups (broad SMARTS) is 1. The second-order valence-electron chi connectivity index (χ2n) is 3.65. The van der Waals surface area contributed by atoms with Gasteiger partial charge < -0.3 is 15.2 Å². The molecule has 18 heavy (non-hydrogen) atoms. The highest BCUT2D eigenvalue weighted by atomic mass is 16.6. The van der Waals surface area contributed by atoms with Crippen LogP contribution in [0.3, 0.4) is 0 Å². The van der Waals surface area contributed by atoms with E-state index in [9.17, 15) is 9.59 Å². The van der Waals surface area contributed by atoms with E-state index in [4.69, 9.17) is 9.84 Å². The van der Waals surface area contributed by atoms with Crippen LogP contribution in [-0.2, 0) is 4.79 Å². The first-order valence-corrected chi connectivity index (χ1v) is 5.31. The van der Waals surface area contributed by atoms with Gasteiger partial charge in [-0.2, -0.15) is 0 Å². The molecule has 1 amide bonds. The number of hydrogen-bond donors (Lipinski definition) is 2. The first-order valence-electron chi connectivity index (χ1n) is 5.31. The summed E-state index contributed by atoms with van der Waals surface area (Å²) >= 11 is 0. The highest BCUT2D eigenvalue weighted by Gasteiger charge is 2.06. The highest BCUT2D eigenvalue weighted by Crippen LogP contribution is 2.20. The molecule has 2 aromatic carbocycles. The fourth-order valence-corrected chi connectivity index (χ4v) is 1.52. The number of hydrogen-bond acceptors (Lipinski definition) is 3. The minimum Gasteiger partial charge on any atom is -0.480 e. The van der Waals surface area contributed by atoms with Gasteiger partial charge in [0, 0.05) is 0 Å². The third-order valence-electron chi connectivity index (χ3n) is 2.32. The smallest absolute Gasteiger partial charge is 0.413 e. The third kappa shape index (κ3) is 2.98. The van der Waals surface area contributed by atoms with Gasteiger partial charge in [0.05, 0.1) is 0 Å². The molecule has 0 heterocycles. The quantitative estimate of drug-likeness (QED) is 0.867. The third-order valence-corrected chi connectivity index (χ3v) is 2.32. The summed E-state index contributed by atoms with van der Waals surface area (Å²) in [5.74, 6) is -0.748. The number of fused-ring (bicyclic) bond motifs is 1. The number of rotatable bonds is 3. The predicted octanol–water partition coefficient (Wildman–Crippen LogP) is 2.01. The number of carboxylic acids is 1. The number of benzene rings is 2. The average molecular weight is 245 g/mol. The van der Waals surface area contributed by atoms with E-state index in [1.54, 1.807) is 12.1 Å². The van der Waals surface area contributed by atoms with Gasteiger partial charge in [-0.05, 0) is 22.9 Å². The van der Waals surface area contributed by atoms with Crippen LogP contribution in [0.1, 0.15) is 0 Å². The van der Waals surface area contributed by atoms with E-state index < -0.39 is 18.6 Å². The molecule has 5 heteroatoms. The minimum absolute atomic E-state index is 0.372. The van der Waals surface area contributed by atoms with E-state index >= 15 is 0 Å². The van der Waals surface area contributed by atoms with Gasteiger partial charge in [-0.15, -0.1) is 0 Å². The molecule has 2 rings (SSSR count). The molecule has 0 aliphatic rings. The van der Waals surface area contributed by atoms with Gasteiger partial charge >= 0.3 is 12.1 Å². The minimum atomic E-state index is -1.12. The van der Waals surface area contributed by atoms with Crippen LogP contribution >= 0.6 is 0 Å². The van der Waals surface area contributed by atoms with Crippen molar-refractivity contribution in [3.63, 3.8) is 0 Å². The molecule has 0 saturated carbocycles. The molecule has 0 unspecified atom stereocenters. The Bertz CT molecular complexity index is 594. The lowest BCUT2D eigenvalue weighted by atomic mass is 10.1. The predicted molar refractivity (Wildman–Crippen MR) is 65.6 cm³/mol. The van der Waals surface area contributed by atoms with Crippen molar-refractivity contribution in [1.29, 1.82) is 0 Å². The Morgan fingerprint density at radius 3 is 2.56 bits per heavy atom. The van der Waals surface area contributed by atoms with Gasteiger partial charge in [0.1, 0.15) is 12.3 Å². The highest BCUT2D eigenvalue weighted by molar-refractivity contribution is 5.85. The first-order chi connectivity index (χ1) is 8.65. The molecular weight excluding hydrogens is 234 g/mol. The normalized spacial score (nSPS) is 10.0. The summed E-state index contributed by atoms with van der Waals surface area (Å²) in [5, 5.41) is 12.5. The van der Waals surface area contributed by atoms with Crippen LogP contribution in [0.4, 0.5) is 4.79 Å². The Hall–Kier alpha value is -2.56. The van der Waals surface area contributed by atoms with Crippen LogP contribution in [0, 0.1) is 0 Å². The van der Waals surface area contributed by atoms with Crippen molar-refractivity contribution in [2.75, 3.05) is 6.54 Å². The van der Waals surface area contributed by atoms with Gasteiger partial charge in [0.2, 0.25) is 0 Å². The lowest BCUT2D eigenvalue weighted by Gasteiger charge is -2.05. The summed E-state index contributed by atoms with van der Waals surface area (Å²) in [6, 6.07) is 12.9. The summed E-state index contributed by atoms with van der Waals surface area (Å²) in [5.41, 5.74) is 0. The lowest BCUT2D eigenvalue weighted by Crippen LogP contribution is -2.31. The standard InChI is InChI=1S/C13H11NO4/c15-12(16)8-14-13(17)18-11-6-5-9-3-1-2-4-10(9)7-11/h1-7H,8H2,(H,14,17)(H,15,16). The van der Waals surface area contributed by atoms with Gasteiger partial charge in [0.15, 0.2) is 0 Å². The molecule has 92 valence electrons. The fourth-order valence-electron chi connectivity index (χ4n) is 1.52. The molecule has 0 atom stereocenters. The molecule has 0 fully saturated rings. The zero-order valence-electron chi connectivity index (χ0n) is 9.42. The number of carbonyl (C=O) groups excluding carboxylic acids is 1. The Morgan fingerprint density at radius 2 is 1.83 bits per heavy atom. The van der Waals surface area contributed by atoms with E-state index in [0.717, 1.165) is 10.8 Å². The first kappa shape index (κ1) is 11.9. The van der Waals surface area contributed by atoms with Gasteiger partial charge in [-0.1, -0.05) is 30.3 Å². The van der Waals surface area contributed by atoms with Crippen LogP contribution in [0.5, 0.6) is 5.75 Å². The van der Waals surface area contributed by atoms with Crippen molar-refractivity contribution < 1.29 is 19.4 Å². The summed E-state index contributed by atoms with van der Waals surface area (Å²) in [7, 11) is 0. The Morgan fingerprint density at radius 1 is 1.11 bits per heavy atom. The van der Waals surface area contributed by atoms with Crippen LogP contribution < -0.4 is 10.1 Å². The Labute approximate surface area is 103 Å². The molecule has 0 aliphatic carbocycles. The zero-order chi connectivity index (χ0) is 13.0. The second kappa shape index (κ2) is 5.18. The molecule has 2 N–H and O–H groups in total. The lowest BCUT2D eigenvalue weighted by molar-refractivity contribution is -0.135. The van der Waals surface area contributed by atoms with Crippen LogP contribution in [0.2, 0.25) is 0 Å². The van der Waals surface area contributed by atoms with Crippen molar-refractivity contribution in [3.8, 4) is 5.75 Å². The second-order valence-corrected chi connectivity index (χ2v) is 3.65. The largest absolute Gasteiger partial charge is 0.480 e. The maximum absolute atomic E-state index is 11.3. The molecule has 0 saturated heterocycles. The van der Waals surface area contributed by atoms with Crippen molar-refractivity contribution >= 4 is 22.8 Å². The van der Waals surface area contributed by atoms with Crippen molar-refractivity contribution in [1.82, 2.24) is 5.32 Å². The SMILES string of the molecule is O=C(O)CNC(=O)Oc1ccc2ccccc2c1. The summed E-state index contributed by atoms with van der Waals surface area (Å²) in [4.78, 5) is 21.5. The fraction of sp³-hybridized carbons (Fsp3) is 0.0769. The maximum Gasteiger partial charge on any atom is 0.413 e. The van der Waals surface area contributed by atoms with E-state index in [2.05, 4.69) is 5.32 Å². The van der Waals surface area contributed by atoms with Crippen molar-refractivity contribution in [2.45, 2.75) is 0 Å². The monoisotopic (exact) mass is 245 g/mol. The molecule has 0 spiro atoms. The van der Waals surface area contributed by atoms with Crippen LogP contribution in [0.25, 0.3) is 10.8 Å². The molecule has 0 aromatic heterocycles. The number of ether oxygens (including phenoxy) is 1. The summed E-state index contributed by atoms with van der Waals surface area (Å²) in [6.45, 7) is -0.466. The Balaban J connectivity index is 2.07. The van der Waals surface area contributed by atoms with Crippen LogP contribution in [-0.4, -0.2) is 23.7 Å². The van der Waals surface area contributed by atoms with Gasteiger partial charge in [0.25, 0.3) is 0 Å². The molecule has 0 aliphatic heterocycles. The molecule has 5 nitrogen and oxygen atoms in total. The number of aliphatic carboxylic acids is 1. The molecule has 2 aromatic rings. The molecule has 0 bridgehead atoms. The van der Waals surface area contributed by atoms with E-state index in [0.29, 0.717) is 5.75 Å². The number of amides is 1. The molecule has 0 radical (unpaired) electrons. The van der Waals surface area contributed by atoms with Crippen molar-refractivity contribution in [2.24, 2.45) is 0 Å². The topological polar surface area (TPSA) is 75.6 Å². The van der Waals surface area contributed by atoms with E-state index in [1.807, 2.05) is 30.3 Å².